The Kier molecular flexibility index (Phi) is 7.09. The van der Waals surface area contributed by atoms with Gasteiger partial charge in [-0.3, -0.25) is 9.59 Å². The minimum absolute atomic E-state index is 0.299. The molecule has 0 spiro atoms. The third kappa shape index (κ3) is 5.03. The lowest BCUT2D eigenvalue weighted by molar-refractivity contribution is -0.130. The minimum atomic E-state index is -1.31. The summed E-state index contributed by atoms with van der Waals surface area (Å²) in [7, 11) is 0. The van der Waals surface area contributed by atoms with Crippen LogP contribution in [0.3, 0.4) is 0 Å². The van der Waals surface area contributed by atoms with Crippen molar-refractivity contribution < 1.29 is 14.3 Å². The summed E-state index contributed by atoms with van der Waals surface area (Å²) >= 11 is 21.1. The summed E-state index contributed by atoms with van der Waals surface area (Å²) in [6.45, 7) is 0. The van der Waals surface area contributed by atoms with Crippen molar-refractivity contribution >= 4 is 58.0 Å². The van der Waals surface area contributed by atoms with Crippen LogP contribution in [-0.2, 0) is 14.3 Å². The maximum Gasteiger partial charge on any atom is 0.193 e. The van der Waals surface area contributed by atoms with Gasteiger partial charge in [0.25, 0.3) is 0 Å². The Morgan fingerprint density at radius 2 is 1.31 bits per heavy atom. The van der Waals surface area contributed by atoms with E-state index in [1.54, 1.807) is 0 Å². The maximum absolute atomic E-state index is 10.8. The maximum atomic E-state index is 10.8. The second kappa shape index (κ2) is 6.85. The van der Waals surface area contributed by atoms with Crippen LogP contribution < -0.4 is 0 Å². The molecule has 0 fully saturated rings. The number of alkyl halides is 4. The molecule has 0 rings (SSSR count). The first-order chi connectivity index (χ1) is 6.02. The Balaban J connectivity index is 3.98. The second-order valence-corrected chi connectivity index (χ2v) is 3.30. The van der Waals surface area contributed by atoms with Gasteiger partial charge in [0.05, 0.1) is 11.8 Å². The summed E-state index contributed by atoms with van der Waals surface area (Å²) < 4.78 is 4.62. The molecule has 2 atom stereocenters. The number of halogens is 4. The van der Waals surface area contributed by atoms with Gasteiger partial charge in [-0.15, -0.1) is 23.2 Å². The van der Waals surface area contributed by atoms with E-state index >= 15 is 0 Å². The van der Waals surface area contributed by atoms with Crippen LogP contribution in [0.1, 0.15) is 0 Å². The molecule has 0 saturated heterocycles. The van der Waals surface area contributed by atoms with Crippen LogP contribution >= 0.6 is 46.4 Å². The Bertz CT molecular complexity index is 176. The van der Waals surface area contributed by atoms with Crippen LogP contribution in [-0.4, -0.2) is 34.5 Å². The normalized spacial score (nSPS) is 15.1. The number of ether oxygens (including phenoxy) is 1. The van der Waals surface area contributed by atoms with E-state index in [4.69, 9.17) is 46.4 Å². The SMILES string of the molecule is O=C(CCl)C(Cl)OC(Cl)C(=O)CCl. The molecule has 0 aliphatic rings. The van der Waals surface area contributed by atoms with Crippen molar-refractivity contribution in [3.63, 3.8) is 0 Å². The Hall–Kier alpha value is 0.460. The van der Waals surface area contributed by atoms with Gasteiger partial charge < -0.3 is 4.74 Å². The van der Waals surface area contributed by atoms with Crippen molar-refractivity contribution in [1.82, 2.24) is 0 Å². The summed E-state index contributed by atoms with van der Waals surface area (Å²) in [5, 5.41) is 0. The molecule has 0 aliphatic heterocycles. The molecule has 0 aromatic heterocycles. The molecule has 3 nitrogen and oxygen atoms in total. The van der Waals surface area contributed by atoms with E-state index in [-0.39, 0.29) is 11.8 Å². The number of Topliss-reactive ketones (excluding diaryl/α,β-unsaturated/α-hetero) is 2. The molecule has 0 aromatic rings. The fraction of sp³-hybridized carbons (Fsp3) is 0.667. The number of rotatable bonds is 6. The Morgan fingerprint density at radius 3 is 1.54 bits per heavy atom. The summed E-state index contributed by atoms with van der Waals surface area (Å²) in [4.78, 5) is 21.5. The largest absolute Gasteiger partial charge is 0.329 e. The standard InChI is InChI=1S/C6H6Cl4O3/c7-1-3(11)5(9)13-6(10)4(12)2-8/h5-6H,1-2H2. The predicted octanol–water partition coefficient (Wildman–Crippen LogP) is 1.75. The van der Waals surface area contributed by atoms with Crippen molar-refractivity contribution in [3.05, 3.63) is 0 Å². The zero-order chi connectivity index (χ0) is 10.4. The lowest BCUT2D eigenvalue weighted by atomic mass is 10.4. The molecule has 7 heteroatoms. The first-order valence-electron chi connectivity index (χ1n) is 3.14. The highest BCUT2D eigenvalue weighted by Gasteiger charge is 2.23. The number of carbonyl (C=O) groups excluding carboxylic acids is 2. The monoisotopic (exact) mass is 266 g/mol. The highest BCUT2D eigenvalue weighted by molar-refractivity contribution is 6.39. The first-order valence-corrected chi connectivity index (χ1v) is 5.08. The van der Waals surface area contributed by atoms with Crippen LogP contribution in [0.2, 0.25) is 0 Å². The van der Waals surface area contributed by atoms with Gasteiger partial charge in [-0.2, -0.15) is 0 Å². The smallest absolute Gasteiger partial charge is 0.193 e. The van der Waals surface area contributed by atoms with E-state index in [1.165, 1.54) is 0 Å². The van der Waals surface area contributed by atoms with Gasteiger partial charge in [-0.25, -0.2) is 0 Å². The highest BCUT2D eigenvalue weighted by Crippen LogP contribution is 2.10. The highest BCUT2D eigenvalue weighted by atomic mass is 35.5. The molecule has 0 N–H and O–H groups in total. The van der Waals surface area contributed by atoms with Crippen LogP contribution in [0.15, 0.2) is 0 Å². The summed E-state index contributed by atoms with van der Waals surface area (Å²) in [6.07, 6.45) is 0. The number of ketones is 2. The molecule has 0 aromatic carbocycles. The molecule has 2 unspecified atom stereocenters. The van der Waals surface area contributed by atoms with Crippen LogP contribution in [0.25, 0.3) is 0 Å². The van der Waals surface area contributed by atoms with E-state index in [9.17, 15) is 9.59 Å². The van der Waals surface area contributed by atoms with Crippen molar-refractivity contribution in [2.75, 3.05) is 11.8 Å². The van der Waals surface area contributed by atoms with Gasteiger partial charge in [0.2, 0.25) is 0 Å². The zero-order valence-corrected chi connectivity index (χ0v) is 9.33. The average molecular weight is 268 g/mol. The Morgan fingerprint density at radius 1 is 1.00 bits per heavy atom. The molecule has 0 radical (unpaired) electrons. The molecular weight excluding hydrogens is 262 g/mol. The molecule has 76 valence electrons. The fourth-order valence-electron chi connectivity index (χ4n) is 0.378. The lowest BCUT2D eigenvalue weighted by Gasteiger charge is -2.11. The van der Waals surface area contributed by atoms with Crippen molar-refractivity contribution in [3.8, 4) is 0 Å². The zero-order valence-electron chi connectivity index (χ0n) is 6.31. The van der Waals surface area contributed by atoms with Gasteiger partial charge in [-0.05, 0) is 0 Å². The van der Waals surface area contributed by atoms with E-state index in [1.807, 2.05) is 0 Å². The molecule has 13 heavy (non-hydrogen) atoms. The van der Waals surface area contributed by atoms with Gasteiger partial charge in [-0.1, -0.05) is 23.2 Å². The second-order valence-electron chi connectivity index (χ2n) is 1.97. The van der Waals surface area contributed by atoms with E-state index in [0.717, 1.165) is 0 Å². The average Bonchev–Trinajstić information content (AvgIpc) is 2.14. The molecule has 0 saturated carbocycles. The van der Waals surface area contributed by atoms with Crippen LogP contribution in [0.4, 0.5) is 0 Å². The third-order valence-electron chi connectivity index (χ3n) is 1.01. The first kappa shape index (κ1) is 13.5. The molecular formula is C6H6Cl4O3. The van der Waals surface area contributed by atoms with E-state index < -0.39 is 22.7 Å². The molecule has 0 bridgehead atoms. The quantitative estimate of drug-likeness (QED) is 0.689. The van der Waals surface area contributed by atoms with Crippen LogP contribution in [0, 0.1) is 0 Å². The van der Waals surface area contributed by atoms with Gasteiger partial charge in [0.15, 0.2) is 22.7 Å². The molecule has 0 aliphatic carbocycles. The third-order valence-corrected chi connectivity index (χ3v) is 2.23. The van der Waals surface area contributed by atoms with Crippen molar-refractivity contribution in [2.24, 2.45) is 0 Å². The lowest BCUT2D eigenvalue weighted by Crippen LogP contribution is -2.28. The minimum Gasteiger partial charge on any atom is -0.329 e. The van der Waals surface area contributed by atoms with E-state index in [0.29, 0.717) is 0 Å². The van der Waals surface area contributed by atoms with Crippen LogP contribution in [0.5, 0.6) is 0 Å². The molecule has 0 amide bonds. The van der Waals surface area contributed by atoms with E-state index in [2.05, 4.69) is 4.74 Å². The van der Waals surface area contributed by atoms with Crippen molar-refractivity contribution in [2.45, 2.75) is 11.1 Å². The number of carbonyl (C=O) groups is 2. The summed E-state index contributed by atoms with van der Waals surface area (Å²) in [6, 6.07) is 0. The topological polar surface area (TPSA) is 43.4 Å². The van der Waals surface area contributed by atoms with Crippen molar-refractivity contribution in [1.29, 1.82) is 0 Å². The van der Waals surface area contributed by atoms with Gasteiger partial charge >= 0.3 is 0 Å². The summed E-state index contributed by atoms with van der Waals surface area (Å²) in [5.74, 6) is -1.72. The summed E-state index contributed by atoms with van der Waals surface area (Å²) in [5.41, 5.74) is -2.63. The predicted molar refractivity (Wildman–Crippen MR) is 51.8 cm³/mol. The number of hydrogen-bond donors (Lipinski definition) is 0. The van der Waals surface area contributed by atoms with Gasteiger partial charge in [0.1, 0.15) is 0 Å². The Labute approximate surface area is 95.2 Å². The number of hydrogen-bond acceptors (Lipinski definition) is 3. The fourth-order valence-corrected chi connectivity index (χ4v) is 1.23. The molecule has 0 heterocycles. The van der Waals surface area contributed by atoms with Gasteiger partial charge in [0, 0.05) is 0 Å².